The van der Waals surface area contributed by atoms with E-state index in [4.69, 9.17) is 9.47 Å². The number of ether oxygens (including phenoxy) is 2. The van der Waals surface area contributed by atoms with Gasteiger partial charge in [0.1, 0.15) is 25.3 Å². The zero-order chi connectivity index (χ0) is 31.6. The maximum Gasteiger partial charge on any atom is 0.329 e. The average Bonchev–Trinajstić information content (AvgIpc) is 3.72. The van der Waals surface area contributed by atoms with Gasteiger partial charge in [-0.25, -0.2) is 9.59 Å². The maximum atomic E-state index is 13.8. The zero-order valence-corrected chi connectivity index (χ0v) is 26.4. The molecular weight excluding hydrogens is 556 g/mol. The van der Waals surface area contributed by atoms with E-state index < -0.39 is 23.9 Å². The van der Waals surface area contributed by atoms with Crippen LogP contribution in [0.4, 0.5) is 0 Å². The second-order valence-electron chi connectivity index (χ2n) is 12.5. The molecule has 2 amide bonds. The lowest BCUT2D eigenvalue weighted by Crippen LogP contribution is -2.45. The number of rotatable bonds is 12. The largest absolute Gasteiger partial charge is 0.459 e. The SMILES string of the molecule is CC(C)C(/C=C/C(C(=O)N1CCC[C@@H]1C(=O)OCc1ccccc1)C(C)C)C(=O)N1CCC[C@@H]1C(=O)OCc1ccccc1. The van der Waals surface area contributed by atoms with E-state index in [1.165, 1.54) is 0 Å². The summed E-state index contributed by atoms with van der Waals surface area (Å²) in [5.74, 6) is -2.14. The van der Waals surface area contributed by atoms with Gasteiger partial charge in [0.05, 0.1) is 11.8 Å². The van der Waals surface area contributed by atoms with Gasteiger partial charge in [0.2, 0.25) is 11.8 Å². The van der Waals surface area contributed by atoms with Crippen molar-refractivity contribution in [1.82, 2.24) is 9.80 Å². The number of amides is 2. The first kappa shape index (κ1) is 33.0. The molecule has 0 spiro atoms. The van der Waals surface area contributed by atoms with E-state index >= 15 is 0 Å². The fourth-order valence-electron chi connectivity index (χ4n) is 6.00. The second-order valence-corrected chi connectivity index (χ2v) is 12.5. The Morgan fingerprint density at radius 3 is 1.36 bits per heavy atom. The molecule has 2 aromatic rings. The minimum Gasteiger partial charge on any atom is -0.459 e. The molecule has 0 radical (unpaired) electrons. The Balaban J connectivity index is 1.41. The molecule has 4 atom stereocenters. The minimum absolute atomic E-state index is 0.0456. The molecular formula is C36H46N2O6. The predicted octanol–water partition coefficient (Wildman–Crippen LogP) is 5.56. The summed E-state index contributed by atoms with van der Waals surface area (Å²) in [5.41, 5.74) is 1.79. The van der Waals surface area contributed by atoms with Crippen LogP contribution >= 0.6 is 0 Å². The van der Waals surface area contributed by atoms with E-state index in [1.54, 1.807) is 9.80 Å². The highest BCUT2D eigenvalue weighted by atomic mass is 16.5. The number of esters is 2. The highest BCUT2D eigenvalue weighted by Crippen LogP contribution is 2.28. The van der Waals surface area contributed by atoms with Gasteiger partial charge in [-0.2, -0.15) is 0 Å². The molecule has 8 heteroatoms. The van der Waals surface area contributed by atoms with Crippen molar-refractivity contribution >= 4 is 23.8 Å². The number of hydrogen-bond donors (Lipinski definition) is 0. The van der Waals surface area contributed by atoms with Crippen LogP contribution in [0, 0.1) is 23.7 Å². The molecule has 2 aliphatic rings. The average molecular weight is 603 g/mol. The second kappa shape index (κ2) is 15.7. The van der Waals surface area contributed by atoms with Crippen molar-refractivity contribution in [2.24, 2.45) is 23.7 Å². The van der Waals surface area contributed by atoms with Crippen LogP contribution in [0.25, 0.3) is 0 Å². The van der Waals surface area contributed by atoms with Crippen LogP contribution in [0.1, 0.15) is 64.5 Å². The summed E-state index contributed by atoms with van der Waals surface area (Å²) in [6.07, 6.45) is 6.26. The van der Waals surface area contributed by atoms with Gasteiger partial charge >= 0.3 is 11.9 Å². The van der Waals surface area contributed by atoms with Crippen LogP contribution in [-0.4, -0.2) is 58.7 Å². The van der Waals surface area contributed by atoms with E-state index in [0.717, 1.165) is 24.0 Å². The Bertz CT molecular complexity index is 1190. The third-order valence-electron chi connectivity index (χ3n) is 8.60. The zero-order valence-electron chi connectivity index (χ0n) is 26.4. The number of carbonyl (C=O) groups is 4. The number of benzene rings is 2. The molecule has 2 heterocycles. The lowest BCUT2D eigenvalue weighted by molar-refractivity contribution is -0.155. The van der Waals surface area contributed by atoms with E-state index in [1.807, 2.05) is 101 Å². The summed E-state index contributed by atoms with van der Waals surface area (Å²) in [6.45, 7) is 9.20. The van der Waals surface area contributed by atoms with E-state index in [-0.39, 0.29) is 48.8 Å². The lowest BCUT2D eigenvalue weighted by atomic mass is 9.88. The Morgan fingerprint density at radius 1 is 0.659 bits per heavy atom. The van der Waals surface area contributed by atoms with E-state index in [9.17, 15) is 19.2 Å². The van der Waals surface area contributed by atoms with Crippen LogP contribution in [-0.2, 0) is 41.9 Å². The highest BCUT2D eigenvalue weighted by Gasteiger charge is 2.40. The van der Waals surface area contributed by atoms with E-state index in [2.05, 4.69) is 0 Å². The van der Waals surface area contributed by atoms with Crippen molar-refractivity contribution in [3.8, 4) is 0 Å². The minimum atomic E-state index is -0.615. The van der Waals surface area contributed by atoms with Gasteiger partial charge in [-0.05, 0) is 48.6 Å². The molecule has 2 aromatic carbocycles. The molecule has 0 bridgehead atoms. The summed E-state index contributed by atoms with van der Waals surface area (Å²) in [4.78, 5) is 57.0. The highest BCUT2D eigenvalue weighted by molar-refractivity contribution is 5.89. The monoisotopic (exact) mass is 602 g/mol. The number of hydrogen-bond acceptors (Lipinski definition) is 6. The predicted molar refractivity (Wildman–Crippen MR) is 168 cm³/mol. The Hall–Kier alpha value is -3.94. The molecule has 0 N–H and O–H groups in total. The number of carbonyl (C=O) groups excluding carboxylic acids is 4. The Kier molecular flexibility index (Phi) is 11.8. The lowest BCUT2D eigenvalue weighted by Gasteiger charge is -2.30. The molecule has 4 rings (SSSR count). The molecule has 44 heavy (non-hydrogen) atoms. The normalized spacial score (nSPS) is 19.9. The molecule has 8 nitrogen and oxygen atoms in total. The Morgan fingerprint density at radius 2 is 1.02 bits per heavy atom. The van der Waals surface area contributed by atoms with Gasteiger partial charge in [0.25, 0.3) is 0 Å². The van der Waals surface area contributed by atoms with Crippen molar-refractivity contribution in [2.45, 2.75) is 78.7 Å². The van der Waals surface area contributed by atoms with E-state index in [0.29, 0.717) is 25.9 Å². The summed E-state index contributed by atoms with van der Waals surface area (Å²) in [7, 11) is 0. The van der Waals surface area contributed by atoms with Gasteiger partial charge in [0, 0.05) is 13.1 Å². The first-order valence-electron chi connectivity index (χ1n) is 15.9. The first-order valence-corrected chi connectivity index (χ1v) is 15.9. The van der Waals surface area contributed by atoms with Crippen LogP contribution in [0.15, 0.2) is 72.8 Å². The standard InChI is InChI=1S/C36H46N2O6/c1-25(2)29(33(39)37-21-11-17-31(37)35(41)43-23-27-13-7-5-8-14-27)19-20-30(26(3)4)34(40)38-22-12-18-32(38)36(42)44-24-28-15-9-6-10-16-28/h5-10,13-16,19-20,25-26,29-32H,11-12,17-18,21-24H2,1-4H3/b20-19+/t29?,30?,31-,32-/m1/s1. The molecule has 2 aliphatic heterocycles. The van der Waals surface area contributed by atoms with Crippen LogP contribution < -0.4 is 0 Å². The van der Waals surface area contributed by atoms with Gasteiger partial charge < -0.3 is 19.3 Å². The quantitative estimate of drug-likeness (QED) is 0.234. The van der Waals surface area contributed by atoms with Crippen LogP contribution in [0.3, 0.4) is 0 Å². The summed E-state index contributed by atoms with van der Waals surface area (Å²) in [5, 5.41) is 0. The molecule has 2 saturated heterocycles. The number of nitrogens with zero attached hydrogens (tertiary/aromatic N) is 2. The maximum absolute atomic E-state index is 13.8. The summed E-state index contributed by atoms with van der Waals surface area (Å²) < 4.78 is 11.2. The van der Waals surface area contributed by atoms with Gasteiger partial charge in [-0.3, -0.25) is 9.59 Å². The van der Waals surface area contributed by atoms with Crippen molar-refractivity contribution in [3.05, 3.63) is 83.9 Å². The summed E-state index contributed by atoms with van der Waals surface area (Å²) in [6, 6.07) is 17.7. The molecule has 0 aromatic heterocycles. The van der Waals surface area contributed by atoms with Crippen molar-refractivity contribution in [3.63, 3.8) is 0 Å². The smallest absolute Gasteiger partial charge is 0.329 e. The molecule has 0 saturated carbocycles. The van der Waals surface area contributed by atoms with Gasteiger partial charge in [0.15, 0.2) is 0 Å². The van der Waals surface area contributed by atoms with Gasteiger partial charge in [-0.1, -0.05) is 101 Å². The first-order chi connectivity index (χ1) is 21.2. The fourth-order valence-corrected chi connectivity index (χ4v) is 6.00. The summed E-state index contributed by atoms with van der Waals surface area (Å²) >= 11 is 0. The third kappa shape index (κ3) is 8.36. The molecule has 2 unspecified atom stereocenters. The molecule has 236 valence electrons. The van der Waals surface area contributed by atoms with Crippen molar-refractivity contribution in [1.29, 1.82) is 0 Å². The van der Waals surface area contributed by atoms with Crippen LogP contribution in [0.2, 0.25) is 0 Å². The van der Waals surface area contributed by atoms with Crippen molar-refractivity contribution in [2.75, 3.05) is 13.1 Å². The topological polar surface area (TPSA) is 93.2 Å². The van der Waals surface area contributed by atoms with Crippen molar-refractivity contribution < 1.29 is 28.7 Å². The third-order valence-corrected chi connectivity index (χ3v) is 8.60. The molecule has 2 fully saturated rings. The van der Waals surface area contributed by atoms with Gasteiger partial charge in [-0.15, -0.1) is 0 Å². The fraction of sp³-hybridized carbons (Fsp3) is 0.500. The number of likely N-dealkylation sites (tertiary alicyclic amines) is 2. The molecule has 0 aliphatic carbocycles. The Labute approximate surface area is 261 Å². The van der Waals surface area contributed by atoms with Crippen LogP contribution in [0.5, 0.6) is 0 Å².